The van der Waals surface area contributed by atoms with E-state index >= 15 is 0 Å². The summed E-state index contributed by atoms with van der Waals surface area (Å²) in [6.07, 6.45) is -0.720. The minimum Gasteiger partial charge on any atom is -0.399 e. The lowest BCUT2D eigenvalue weighted by Gasteiger charge is -2.09. The van der Waals surface area contributed by atoms with E-state index in [1.54, 1.807) is 6.07 Å². The van der Waals surface area contributed by atoms with E-state index in [-0.39, 0.29) is 11.6 Å². The van der Waals surface area contributed by atoms with Crippen molar-refractivity contribution in [3.8, 4) is 0 Å². The summed E-state index contributed by atoms with van der Waals surface area (Å²) in [5.74, 6) is -1.70. The molecule has 0 aliphatic carbocycles. The molecule has 0 aliphatic rings. The smallest absolute Gasteiger partial charge is 0.313 e. The van der Waals surface area contributed by atoms with Gasteiger partial charge in [0.05, 0.1) is 16.8 Å². The molecule has 0 aromatic heterocycles. The van der Waals surface area contributed by atoms with Crippen LogP contribution in [0.2, 0.25) is 5.02 Å². The van der Waals surface area contributed by atoms with Gasteiger partial charge < -0.3 is 21.5 Å². The fourth-order valence-corrected chi connectivity index (χ4v) is 1.37. The van der Waals surface area contributed by atoms with Gasteiger partial charge >= 0.3 is 11.8 Å². The van der Waals surface area contributed by atoms with Crippen LogP contribution in [-0.4, -0.2) is 29.6 Å². The van der Waals surface area contributed by atoms with Crippen LogP contribution in [0.15, 0.2) is 18.2 Å². The fourth-order valence-electron chi connectivity index (χ4n) is 1.13. The summed E-state index contributed by atoms with van der Waals surface area (Å²) in [4.78, 5) is 22.8. The maximum absolute atomic E-state index is 11.5. The molecule has 1 unspecified atom stereocenters. The van der Waals surface area contributed by atoms with E-state index in [1.807, 2.05) is 0 Å². The van der Waals surface area contributed by atoms with Crippen LogP contribution in [0, 0.1) is 0 Å². The largest absolute Gasteiger partial charge is 0.399 e. The zero-order valence-corrected chi connectivity index (χ0v) is 10.5. The van der Waals surface area contributed by atoms with E-state index in [0.29, 0.717) is 11.4 Å². The first kappa shape index (κ1) is 14.3. The molecule has 0 bridgehead atoms. The predicted molar refractivity (Wildman–Crippen MR) is 69.2 cm³/mol. The third-order valence-electron chi connectivity index (χ3n) is 2.01. The number of benzene rings is 1. The van der Waals surface area contributed by atoms with Crippen molar-refractivity contribution in [1.29, 1.82) is 0 Å². The summed E-state index contributed by atoms with van der Waals surface area (Å²) in [7, 11) is 0. The highest BCUT2D eigenvalue weighted by Crippen LogP contribution is 2.23. The zero-order valence-electron chi connectivity index (χ0n) is 9.74. The van der Waals surface area contributed by atoms with Crippen LogP contribution in [-0.2, 0) is 9.59 Å². The molecule has 1 rings (SSSR count). The van der Waals surface area contributed by atoms with E-state index in [9.17, 15) is 9.59 Å². The highest BCUT2D eigenvalue weighted by molar-refractivity contribution is 6.41. The Kier molecular flexibility index (Phi) is 4.94. The number of hydrogen-bond donors (Lipinski definition) is 4. The predicted octanol–water partition coefficient (Wildman–Crippen LogP) is 0.358. The number of hydrogen-bond acceptors (Lipinski definition) is 4. The summed E-state index contributed by atoms with van der Waals surface area (Å²) in [5, 5.41) is 13.8. The Morgan fingerprint density at radius 3 is 2.67 bits per heavy atom. The molecule has 6 nitrogen and oxygen atoms in total. The lowest BCUT2D eigenvalue weighted by molar-refractivity contribution is -0.136. The Hall–Kier alpha value is -1.79. The second-order valence-electron chi connectivity index (χ2n) is 3.75. The molecular formula is C11H14ClN3O3. The van der Waals surface area contributed by atoms with Gasteiger partial charge in [-0.05, 0) is 25.1 Å². The van der Waals surface area contributed by atoms with E-state index in [1.165, 1.54) is 19.1 Å². The van der Waals surface area contributed by atoms with Crippen LogP contribution in [0.4, 0.5) is 11.4 Å². The Balaban J connectivity index is 2.61. The number of carbonyl (C=O) groups excluding carboxylic acids is 2. The molecule has 1 aromatic rings. The molecule has 2 amide bonds. The van der Waals surface area contributed by atoms with Crippen LogP contribution < -0.4 is 16.4 Å². The van der Waals surface area contributed by atoms with Crippen LogP contribution in [0.25, 0.3) is 0 Å². The standard InChI is InChI=1S/C11H14ClN3O3/c1-6(16)5-14-10(17)11(18)15-9-3-2-7(13)4-8(9)12/h2-4,6,16H,5,13H2,1H3,(H,14,17)(H,15,18). The average Bonchev–Trinajstić information content (AvgIpc) is 2.29. The van der Waals surface area contributed by atoms with Gasteiger partial charge in [-0.1, -0.05) is 11.6 Å². The van der Waals surface area contributed by atoms with Gasteiger partial charge in [0.1, 0.15) is 0 Å². The maximum atomic E-state index is 11.5. The molecule has 0 saturated carbocycles. The highest BCUT2D eigenvalue weighted by Gasteiger charge is 2.15. The monoisotopic (exact) mass is 271 g/mol. The third-order valence-corrected chi connectivity index (χ3v) is 2.32. The molecule has 98 valence electrons. The number of halogens is 1. The van der Waals surface area contributed by atoms with E-state index in [0.717, 1.165) is 0 Å². The van der Waals surface area contributed by atoms with Crippen molar-refractivity contribution in [2.45, 2.75) is 13.0 Å². The van der Waals surface area contributed by atoms with Crippen molar-refractivity contribution >= 4 is 34.8 Å². The first-order valence-electron chi connectivity index (χ1n) is 5.22. The molecular weight excluding hydrogens is 258 g/mol. The molecule has 0 aliphatic heterocycles. The van der Waals surface area contributed by atoms with E-state index in [4.69, 9.17) is 22.4 Å². The molecule has 1 atom stereocenters. The SMILES string of the molecule is CC(O)CNC(=O)C(=O)Nc1ccc(N)cc1Cl. The topological polar surface area (TPSA) is 104 Å². The molecule has 0 fully saturated rings. The second-order valence-corrected chi connectivity index (χ2v) is 4.16. The number of nitrogen functional groups attached to an aromatic ring is 1. The number of nitrogens with two attached hydrogens (primary N) is 1. The Morgan fingerprint density at radius 1 is 1.44 bits per heavy atom. The Bertz CT molecular complexity index is 463. The van der Waals surface area contributed by atoms with Gasteiger partial charge in [-0.2, -0.15) is 0 Å². The molecule has 7 heteroatoms. The maximum Gasteiger partial charge on any atom is 0.313 e. The van der Waals surface area contributed by atoms with Gasteiger partial charge in [0.2, 0.25) is 0 Å². The summed E-state index contributed by atoms with van der Waals surface area (Å²) < 4.78 is 0. The van der Waals surface area contributed by atoms with Gasteiger partial charge in [-0.3, -0.25) is 9.59 Å². The molecule has 0 radical (unpaired) electrons. The van der Waals surface area contributed by atoms with Crippen molar-refractivity contribution < 1.29 is 14.7 Å². The van der Waals surface area contributed by atoms with Crippen molar-refractivity contribution in [2.75, 3.05) is 17.6 Å². The number of anilines is 2. The summed E-state index contributed by atoms with van der Waals surface area (Å²) >= 11 is 5.84. The van der Waals surface area contributed by atoms with Gasteiger partial charge in [0, 0.05) is 12.2 Å². The van der Waals surface area contributed by atoms with Gasteiger partial charge in [0.25, 0.3) is 0 Å². The first-order chi connectivity index (χ1) is 8.40. The lowest BCUT2D eigenvalue weighted by Crippen LogP contribution is -2.38. The number of aliphatic hydroxyl groups is 1. The van der Waals surface area contributed by atoms with Crippen molar-refractivity contribution in [1.82, 2.24) is 5.32 Å². The van der Waals surface area contributed by atoms with Crippen LogP contribution in [0.5, 0.6) is 0 Å². The normalized spacial score (nSPS) is 11.7. The van der Waals surface area contributed by atoms with Gasteiger partial charge in [-0.15, -0.1) is 0 Å². The molecule has 1 aromatic carbocycles. The number of aliphatic hydroxyl groups excluding tert-OH is 1. The Labute approximate surface area is 109 Å². The van der Waals surface area contributed by atoms with Crippen molar-refractivity contribution in [3.63, 3.8) is 0 Å². The summed E-state index contributed by atoms with van der Waals surface area (Å²) in [6.45, 7) is 1.50. The molecule has 18 heavy (non-hydrogen) atoms. The van der Waals surface area contributed by atoms with E-state index in [2.05, 4.69) is 10.6 Å². The molecule has 0 spiro atoms. The first-order valence-corrected chi connectivity index (χ1v) is 5.60. The summed E-state index contributed by atoms with van der Waals surface area (Å²) in [5.41, 5.74) is 6.24. The minimum atomic E-state index is -0.859. The lowest BCUT2D eigenvalue weighted by atomic mass is 10.3. The highest BCUT2D eigenvalue weighted by atomic mass is 35.5. The fraction of sp³-hybridized carbons (Fsp3) is 0.273. The van der Waals surface area contributed by atoms with Crippen molar-refractivity contribution in [3.05, 3.63) is 23.2 Å². The van der Waals surface area contributed by atoms with Gasteiger partial charge in [0.15, 0.2) is 0 Å². The quantitative estimate of drug-likeness (QED) is 0.470. The number of carbonyl (C=O) groups is 2. The van der Waals surface area contributed by atoms with Crippen LogP contribution in [0.1, 0.15) is 6.92 Å². The number of rotatable bonds is 3. The number of nitrogens with one attached hydrogen (secondary N) is 2. The second kappa shape index (κ2) is 6.23. The van der Waals surface area contributed by atoms with Crippen LogP contribution in [0.3, 0.4) is 0 Å². The van der Waals surface area contributed by atoms with Crippen molar-refractivity contribution in [2.24, 2.45) is 0 Å². The van der Waals surface area contributed by atoms with Gasteiger partial charge in [-0.25, -0.2) is 0 Å². The minimum absolute atomic E-state index is 0.00171. The zero-order chi connectivity index (χ0) is 13.7. The third kappa shape index (κ3) is 4.23. The van der Waals surface area contributed by atoms with E-state index < -0.39 is 17.9 Å². The summed E-state index contributed by atoms with van der Waals surface area (Å²) in [6, 6.07) is 4.51. The molecule has 0 heterocycles. The van der Waals surface area contributed by atoms with Crippen LogP contribution >= 0.6 is 11.6 Å². The molecule has 5 N–H and O–H groups in total. The Morgan fingerprint density at radius 2 is 2.11 bits per heavy atom. The molecule has 0 saturated heterocycles. The number of amides is 2. The average molecular weight is 272 g/mol.